The molecule has 2 nitrogen and oxygen atoms in total. The van der Waals surface area contributed by atoms with E-state index in [9.17, 15) is 0 Å². The van der Waals surface area contributed by atoms with Crippen LogP contribution in [0.2, 0.25) is 0 Å². The van der Waals surface area contributed by atoms with Crippen molar-refractivity contribution in [1.82, 2.24) is 10.2 Å². The van der Waals surface area contributed by atoms with Crippen molar-refractivity contribution < 1.29 is 0 Å². The average molecular weight is 264 g/mol. The van der Waals surface area contributed by atoms with Gasteiger partial charge in [-0.05, 0) is 43.4 Å². The summed E-state index contributed by atoms with van der Waals surface area (Å²) in [6.07, 6.45) is 10.4. The van der Waals surface area contributed by atoms with Crippen molar-refractivity contribution in [2.45, 2.75) is 70.9 Å². The summed E-state index contributed by atoms with van der Waals surface area (Å²) in [6.45, 7) is 8.73. The predicted molar refractivity (Wildman–Crippen MR) is 81.3 cm³/mol. The zero-order valence-electron chi connectivity index (χ0n) is 12.9. The van der Waals surface area contributed by atoms with Crippen LogP contribution in [0.1, 0.15) is 58.8 Å². The molecule has 3 rings (SSSR count). The lowest BCUT2D eigenvalue weighted by atomic mass is 9.87. The fourth-order valence-electron chi connectivity index (χ4n) is 4.24. The monoisotopic (exact) mass is 264 g/mol. The summed E-state index contributed by atoms with van der Waals surface area (Å²) in [5.74, 6) is 2.78. The maximum atomic E-state index is 3.84. The first-order chi connectivity index (χ1) is 9.24. The summed E-state index contributed by atoms with van der Waals surface area (Å²) >= 11 is 0. The first-order valence-corrected chi connectivity index (χ1v) is 8.71. The van der Waals surface area contributed by atoms with Gasteiger partial charge in [-0.2, -0.15) is 0 Å². The zero-order valence-corrected chi connectivity index (χ0v) is 12.9. The van der Waals surface area contributed by atoms with Gasteiger partial charge in [-0.15, -0.1) is 0 Å². The first-order valence-electron chi connectivity index (χ1n) is 8.71. The maximum absolute atomic E-state index is 3.84. The molecule has 0 bridgehead atoms. The molecule has 1 saturated heterocycles. The smallest absolute Gasteiger partial charge is 0.0244 e. The van der Waals surface area contributed by atoms with Crippen LogP contribution in [0, 0.1) is 17.8 Å². The molecule has 0 spiro atoms. The third-order valence-electron chi connectivity index (χ3n) is 5.67. The Morgan fingerprint density at radius 2 is 1.79 bits per heavy atom. The number of hydrogen-bond acceptors (Lipinski definition) is 2. The van der Waals surface area contributed by atoms with Gasteiger partial charge >= 0.3 is 0 Å². The van der Waals surface area contributed by atoms with Crippen molar-refractivity contribution in [2.75, 3.05) is 19.6 Å². The van der Waals surface area contributed by atoms with Gasteiger partial charge in [0, 0.05) is 31.7 Å². The van der Waals surface area contributed by atoms with E-state index in [0.29, 0.717) is 0 Å². The molecule has 2 atom stereocenters. The molecule has 1 N–H and O–H groups in total. The zero-order chi connectivity index (χ0) is 13.2. The molecule has 2 unspecified atom stereocenters. The van der Waals surface area contributed by atoms with Crippen LogP contribution < -0.4 is 5.32 Å². The Bertz CT molecular complexity index is 279. The highest BCUT2D eigenvalue weighted by Crippen LogP contribution is 2.35. The van der Waals surface area contributed by atoms with Gasteiger partial charge in [0.1, 0.15) is 0 Å². The number of rotatable bonds is 4. The van der Waals surface area contributed by atoms with Crippen LogP contribution in [0.4, 0.5) is 0 Å². The SMILES string of the molecule is CC(C)C1CNC(C2CC2)CN1CC1CCCCC1. The molecule has 0 radical (unpaired) electrons. The summed E-state index contributed by atoms with van der Waals surface area (Å²) in [6, 6.07) is 1.58. The van der Waals surface area contributed by atoms with Crippen molar-refractivity contribution in [3.63, 3.8) is 0 Å². The third-order valence-corrected chi connectivity index (χ3v) is 5.67. The van der Waals surface area contributed by atoms with Crippen LogP contribution in [0.15, 0.2) is 0 Å². The Hall–Kier alpha value is -0.0800. The minimum absolute atomic E-state index is 0.775. The fourth-order valence-corrected chi connectivity index (χ4v) is 4.24. The summed E-state index contributed by atoms with van der Waals surface area (Å²) in [5, 5.41) is 3.84. The van der Waals surface area contributed by atoms with E-state index in [2.05, 4.69) is 24.1 Å². The molecule has 0 aromatic heterocycles. The Morgan fingerprint density at radius 1 is 1.05 bits per heavy atom. The summed E-state index contributed by atoms with van der Waals surface area (Å²) in [5.41, 5.74) is 0. The van der Waals surface area contributed by atoms with Crippen LogP contribution in [0.3, 0.4) is 0 Å². The lowest BCUT2D eigenvalue weighted by Crippen LogP contribution is -2.59. The van der Waals surface area contributed by atoms with E-state index in [1.807, 2.05) is 0 Å². The quantitative estimate of drug-likeness (QED) is 0.838. The molecule has 2 heteroatoms. The second kappa shape index (κ2) is 6.13. The van der Waals surface area contributed by atoms with Crippen LogP contribution in [-0.4, -0.2) is 36.6 Å². The molecule has 19 heavy (non-hydrogen) atoms. The Labute approximate surface area is 119 Å². The minimum Gasteiger partial charge on any atom is -0.311 e. The van der Waals surface area contributed by atoms with Gasteiger partial charge in [0.05, 0.1) is 0 Å². The highest BCUT2D eigenvalue weighted by molar-refractivity contribution is 4.95. The van der Waals surface area contributed by atoms with Crippen molar-refractivity contribution in [3.05, 3.63) is 0 Å². The summed E-state index contributed by atoms with van der Waals surface area (Å²) in [7, 11) is 0. The lowest BCUT2D eigenvalue weighted by molar-refractivity contribution is 0.0690. The number of nitrogens with zero attached hydrogens (tertiary/aromatic N) is 1. The molecule has 0 aromatic rings. The van der Waals surface area contributed by atoms with Crippen molar-refractivity contribution in [2.24, 2.45) is 17.8 Å². The van der Waals surface area contributed by atoms with Crippen molar-refractivity contribution in [1.29, 1.82) is 0 Å². The second-order valence-corrected chi connectivity index (χ2v) is 7.62. The molecular formula is C17H32N2. The second-order valence-electron chi connectivity index (χ2n) is 7.62. The van der Waals surface area contributed by atoms with Crippen LogP contribution >= 0.6 is 0 Å². The molecule has 3 aliphatic rings. The predicted octanol–water partition coefficient (Wildman–Crippen LogP) is 3.28. The molecule has 2 aliphatic carbocycles. The normalized spacial score (nSPS) is 34.9. The van der Waals surface area contributed by atoms with Crippen LogP contribution in [0.5, 0.6) is 0 Å². The Kier molecular flexibility index (Phi) is 4.48. The average Bonchev–Trinajstić information content (AvgIpc) is 3.24. The topological polar surface area (TPSA) is 15.3 Å². The van der Waals surface area contributed by atoms with Crippen LogP contribution in [-0.2, 0) is 0 Å². The van der Waals surface area contributed by atoms with Gasteiger partial charge in [-0.1, -0.05) is 33.1 Å². The fraction of sp³-hybridized carbons (Fsp3) is 1.00. The largest absolute Gasteiger partial charge is 0.311 e. The van der Waals surface area contributed by atoms with Crippen molar-refractivity contribution in [3.8, 4) is 0 Å². The summed E-state index contributed by atoms with van der Waals surface area (Å²) in [4.78, 5) is 2.86. The number of nitrogens with one attached hydrogen (secondary N) is 1. The minimum atomic E-state index is 0.775. The number of hydrogen-bond donors (Lipinski definition) is 1. The lowest BCUT2D eigenvalue weighted by Gasteiger charge is -2.44. The van der Waals surface area contributed by atoms with Crippen molar-refractivity contribution >= 4 is 0 Å². The van der Waals surface area contributed by atoms with Crippen LogP contribution in [0.25, 0.3) is 0 Å². The molecule has 0 aromatic carbocycles. The van der Waals surface area contributed by atoms with E-state index in [0.717, 1.165) is 29.8 Å². The molecule has 2 saturated carbocycles. The van der Waals surface area contributed by atoms with E-state index in [1.165, 1.54) is 64.6 Å². The van der Waals surface area contributed by atoms with Gasteiger partial charge < -0.3 is 5.32 Å². The molecular weight excluding hydrogens is 232 g/mol. The summed E-state index contributed by atoms with van der Waals surface area (Å²) < 4.78 is 0. The number of piperazine rings is 1. The molecule has 1 aliphatic heterocycles. The van der Waals surface area contributed by atoms with Gasteiger partial charge in [-0.25, -0.2) is 0 Å². The highest BCUT2D eigenvalue weighted by atomic mass is 15.2. The van der Waals surface area contributed by atoms with E-state index in [4.69, 9.17) is 0 Å². The standard InChI is InChI=1S/C17H32N2/c1-13(2)17-10-18-16(15-8-9-15)12-19(17)11-14-6-4-3-5-7-14/h13-18H,3-12H2,1-2H3. The molecule has 1 heterocycles. The van der Waals surface area contributed by atoms with Gasteiger partial charge in [0.25, 0.3) is 0 Å². The molecule has 0 amide bonds. The van der Waals surface area contributed by atoms with E-state index in [1.54, 1.807) is 0 Å². The van der Waals surface area contributed by atoms with Gasteiger partial charge in [0.2, 0.25) is 0 Å². The van der Waals surface area contributed by atoms with Gasteiger partial charge in [0.15, 0.2) is 0 Å². The maximum Gasteiger partial charge on any atom is 0.0244 e. The molecule has 110 valence electrons. The van der Waals surface area contributed by atoms with E-state index in [-0.39, 0.29) is 0 Å². The first kappa shape index (κ1) is 13.9. The molecule has 3 fully saturated rings. The Balaban J connectivity index is 1.58. The Morgan fingerprint density at radius 3 is 2.42 bits per heavy atom. The third kappa shape index (κ3) is 3.52. The van der Waals surface area contributed by atoms with E-state index >= 15 is 0 Å². The van der Waals surface area contributed by atoms with E-state index < -0.39 is 0 Å². The highest BCUT2D eigenvalue weighted by Gasteiger charge is 2.38. The van der Waals surface area contributed by atoms with Gasteiger partial charge in [-0.3, -0.25) is 4.90 Å².